The molecule has 0 unspecified atom stereocenters. The van der Waals surface area contributed by atoms with Crippen LogP contribution in [0.15, 0.2) is 9.57 Å². The lowest BCUT2D eigenvalue weighted by Crippen LogP contribution is -2.10. The van der Waals surface area contributed by atoms with E-state index in [1.54, 1.807) is 6.92 Å². The van der Waals surface area contributed by atoms with Crippen LogP contribution in [0.5, 0.6) is 0 Å². The Hall–Kier alpha value is -1.32. The minimum atomic E-state index is 0.642. The van der Waals surface area contributed by atoms with Gasteiger partial charge in [-0.25, -0.2) is 4.98 Å². The van der Waals surface area contributed by atoms with Gasteiger partial charge in [-0.2, -0.15) is 0 Å². The Morgan fingerprint density at radius 2 is 2.33 bits per heavy atom. The highest BCUT2D eigenvalue weighted by Crippen LogP contribution is 2.21. The van der Waals surface area contributed by atoms with Crippen LogP contribution in [0.2, 0.25) is 0 Å². The Morgan fingerprint density at radius 1 is 1.50 bits per heavy atom. The standard InChI is InChI=1S/C8H10N2O2/c1-5-9-8-6(10-11)3-2-4-7(8)12-5/h11H,2-4H2,1H3/b10-6-. The van der Waals surface area contributed by atoms with Gasteiger partial charge in [0.05, 0.1) is 0 Å². The number of nitrogens with zero attached hydrogens (tertiary/aromatic N) is 2. The van der Waals surface area contributed by atoms with Crippen molar-refractivity contribution in [3.05, 3.63) is 17.3 Å². The smallest absolute Gasteiger partial charge is 0.191 e. The van der Waals surface area contributed by atoms with Gasteiger partial charge in [0.1, 0.15) is 17.2 Å². The quantitative estimate of drug-likeness (QED) is 0.469. The maximum Gasteiger partial charge on any atom is 0.191 e. The van der Waals surface area contributed by atoms with Crippen LogP contribution in [-0.4, -0.2) is 15.9 Å². The molecule has 1 aromatic heterocycles. The maximum atomic E-state index is 8.65. The third kappa shape index (κ3) is 0.995. The summed E-state index contributed by atoms with van der Waals surface area (Å²) in [4.78, 5) is 4.15. The van der Waals surface area contributed by atoms with Gasteiger partial charge >= 0.3 is 0 Å². The summed E-state index contributed by atoms with van der Waals surface area (Å²) in [6, 6.07) is 0. The molecule has 0 saturated carbocycles. The van der Waals surface area contributed by atoms with Crippen molar-refractivity contribution in [2.45, 2.75) is 26.2 Å². The fraction of sp³-hybridized carbons (Fsp3) is 0.500. The number of oxime groups is 1. The van der Waals surface area contributed by atoms with Crippen molar-refractivity contribution in [3.63, 3.8) is 0 Å². The van der Waals surface area contributed by atoms with Crippen LogP contribution in [0.4, 0.5) is 0 Å². The fourth-order valence-electron chi connectivity index (χ4n) is 1.50. The molecule has 0 atom stereocenters. The van der Waals surface area contributed by atoms with E-state index < -0.39 is 0 Å². The van der Waals surface area contributed by atoms with Crippen molar-refractivity contribution >= 4 is 5.71 Å². The molecule has 0 fully saturated rings. The summed E-state index contributed by atoms with van der Waals surface area (Å²) in [5.74, 6) is 1.50. The van der Waals surface area contributed by atoms with Gasteiger partial charge in [0.25, 0.3) is 0 Å². The molecule has 4 nitrogen and oxygen atoms in total. The summed E-state index contributed by atoms with van der Waals surface area (Å²) in [5.41, 5.74) is 1.38. The molecule has 1 N–H and O–H groups in total. The number of fused-ring (bicyclic) bond motifs is 1. The first-order chi connectivity index (χ1) is 5.81. The molecule has 0 bridgehead atoms. The molecule has 0 saturated heterocycles. The lowest BCUT2D eigenvalue weighted by Gasteiger charge is -2.07. The van der Waals surface area contributed by atoms with E-state index >= 15 is 0 Å². The van der Waals surface area contributed by atoms with E-state index in [1.807, 2.05) is 0 Å². The molecule has 12 heavy (non-hydrogen) atoms. The summed E-state index contributed by atoms with van der Waals surface area (Å²) in [6.07, 6.45) is 2.66. The third-order valence-corrected chi connectivity index (χ3v) is 2.02. The monoisotopic (exact) mass is 166 g/mol. The third-order valence-electron chi connectivity index (χ3n) is 2.02. The average molecular weight is 166 g/mol. The first kappa shape index (κ1) is 7.34. The zero-order chi connectivity index (χ0) is 8.55. The minimum absolute atomic E-state index is 0.642. The van der Waals surface area contributed by atoms with Crippen LogP contribution in [0.25, 0.3) is 0 Å². The molecule has 0 amide bonds. The van der Waals surface area contributed by atoms with E-state index in [0.29, 0.717) is 11.6 Å². The summed E-state index contributed by atoms with van der Waals surface area (Å²) in [5, 5.41) is 11.8. The second kappa shape index (κ2) is 2.62. The number of rotatable bonds is 0. The first-order valence-electron chi connectivity index (χ1n) is 3.99. The number of aryl methyl sites for hydroxylation is 2. The number of aromatic nitrogens is 1. The Kier molecular flexibility index (Phi) is 1.60. The van der Waals surface area contributed by atoms with Crippen molar-refractivity contribution in [3.8, 4) is 0 Å². The van der Waals surface area contributed by atoms with Crippen LogP contribution < -0.4 is 0 Å². The molecule has 0 aromatic carbocycles. The Morgan fingerprint density at radius 3 is 3.08 bits per heavy atom. The van der Waals surface area contributed by atoms with E-state index in [1.165, 1.54) is 0 Å². The van der Waals surface area contributed by atoms with Gasteiger partial charge in [0, 0.05) is 13.3 Å². The van der Waals surface area contributed by atoms with E-state index in [0.717, 1.165) is 30.7 Å². The van der Waals surface area contributed by atoms with Crippen molar-refractivity contribution in [2.75, 3.05) is 0 Å². The van der Waals surface area contributed by atoms with Gasteiger partial charge in [0.2, 0.25) is 0 Å². The lowest BCUT2D eigenvalue weighted by molar-refractivity contribution is 0.317. The molecule has 0 aliphatic heterocycles. The Labute approximate surface area is 69.9 Å². The van der Waals surface area contributed by atoms with Crippen molar-refractivity contribution < 1.29 is 9.62 Å². The first-order valence-corrected chi connectivity index (χ1v) is 3.99. The van der Waals surface area contributed by atoms with Gasteiger partial charge < -0.3 is 9.62 Å². The highest BCUT2D eigenvalue weighted by molar-refractivity contribution is 6.00. The molecular weight excluding hydrogens is 156 g/mol. The van der Waals surface area contributed by atoms with Crippen LogP contribution in [0, 0.1) is 6.92 Å². The minimum Gasteiger partial charge on any atom is -0.445 e. The molecule has 0 radical (unpaired) electrons. The van der Waals surface area contributed by atoms with E-state index in [9.17, 15) is 0 Å². The summed E-state index contributed by atoms with van der Waals surface area (Å²) >= 11 is 0. The number of hydrogen-bond acceptors (Lipinski definition) is 4. The Bertz CT molecular complexity index is 328. The topological polar surface area (TPSA) is 58.6 Å². The molecule has 64 valence electrons. The zero-order valence-corrected chi connectivity index (χ0v) is 6.87. The van der Waals surface area contributed by atoms with Crippen LogP contribution >= 0.6 is 0 Å². The normalized spacial score (nSPS) is 19.6. The van der Waals surface area contributed by atoms with Gasteiger partial charge in [-0.3, -0.25) is 0 Å². The predicted octanol–water partition coefficient (Wildman–Crippen LogP) is 1.50. The van der Waals surface area contributed by atoms with Gasteiger partial charge in [-0.15, -0.1) is 0 Å². The van der Waals surface area contributed by atoms with Crippen LogP contribution in [0.3, 0.4) is 0 Å². The van der Waals surface area contributed by atoms with Gasteiger partial charge in [-0.1, -0.05) is 5.16 Å². The highest BCUT2D eigenvalue weighted by Gasteiger charge is 2.21. The second-order valence-corrected chi connectivity index (χ2v) is 2.90. The van der Waals surface area contributed by atoms with Crippen molar-refractivity contribution in [1.29, 1.82) is 0 Å². The maximum absolute atomic E-state index is 8.65. The number of oxazole rings is 1. The molecule has 4 heteroatoms. The number of hydrogen-bond donors (Lipinski definition) is 1. The van der Waals surface area contributed by atoms with Crippen molar-refractivity contribution in [1.82, 2.24) is 4.98 Å². The summed E-state index contributed by atoms with van der Waals surface area (Å²) < 4.78 is 5.33. The molecule has 1 heterocycles. The molecule has 1 aromatic rings. The van der Waals surface area contributed by atoms with E-state index in [-0.39, 0.29) is 0 Å². The molecule has 1 aliphatic carbocycles. The Balaban J connectivity index is 2.50. The van der Waals surface area contributed by atoms with Gasteiger partial charge in [-0.05, 0) is 12.8 Å². The molecule has 2 rings (SSSR count). The van der Waals surface area contributed by atoms with Crippen molar-refractivity contribution in [2.24, 2.45) is 5.16 Å². The average Bonchev–Trinajstić information content (AvgIpc) is 2.44. The van der Waals surface area contributed by atoms with E-state index in [4.69, 9.17) is 9.62 Å². The van der Waals surface area contributed by atoms with E-state index in [2.05, 4.69) is 10.1 Å². The molecule has 0 spiro atoms. The molecule has 1 aliphatic rings. The van der Waals surface area contributed by atoms with Crippen LogP contribution in [0.1, 0.15) is 30.2 Å². The largest absolute Gasteiger partial charge is 0.445 e. The second-order valence-electron chi connectivity index (χ2n) is 2.90. The lowest BCUT2D eigenvalue weighted by atomic mass is 10.0. The van der Waals surface area contributed by atoms with Gasteiger partial charge in [0.15, 0.2) is 5.89 Å². The molecular formula is C8H10N2O2. The highest BCUT2D eigenvalue weighted by atomic mass is 16.4. The summed E-state index contributed by atoms with van der Waals surface area (Å²) in [6.45, 7) is 1.80. The predicted molar refractivity (Wildman–Crippen MR) is 42.5 cm³/mol. The summed E-state index contributed by atoms with van der Waals surface area (Å²) in [7, 11) is 0. The SMILES string of the molecule is Cc1nc2c(o1)CCC/C2=N/O. The fourth-order valence-corrected chi connectivity index (χ4v) is 1.50. The van der Waals surface area contributed by atoms with Crippen LogP contribution in [-0.2, 0) is 6.42 Å². The zero-order valence-electron chi connectivity index (χ0n) is 6.87.